The smallest absolute Gasteiger partial charge is 0.342 e. The number of carbonyl (C=O) groups is 1. The van der Waals surface area contributed by atoms with E-state index in [1.807, 2.05) is 30.3 Å². The van der Waals surface area contributed by atoms with Crippen LogP contribution in [0.4, 0.5) is 0 Å². The zero-order valence-corrected chi connectivity index (χ0v) is 13.5. The van der Waals surface area contributed by atoms with Crippen LogP contribution in [0.2, 0.25) is 5.02 Å². The molecule has 0 N–H and O–H groups in total. The van der Waals surface area contributed by atoms with E-state index in [1.54, 1.807) is 12.1 Å². The summed E-state index contributed by atoms with van der Waals surface area (Å²) in [5.74, 6) is 0.409. The standard InChI is InChI=1S/C17H13ClN2O4/c1-22-14-9-12(18)7-8-13(14)17(21)23-10-15-19-16(20-24-15)11-5-3-2-4-6-11/h2-9H,10H2,1H3. The summed E-state index contributed by atoms with van der Waals surface area (Å²) in [5, 5.41) is 4.33. The zero-order chi connectivity index (χ0) is 16.9. The van der Waals surface area contributed by atoms with Crippen molar-refractivity contribution < 1.29 is 18.8 Å². The monoisotopic (exact) mass is 344 g/mol. The van der Waals surface area contributed by atoms with Crippen molar-refractivity contribution in [1.82, 2.24) is 10.1 Å². The van der Waals surface area contributed by atoms with E-state index in [0.717, 1.165) is 5.56 Å². The summed E-state index contributed by atoms with van der Waals surface area (Å²) in [5.41, 5.74) is 1.09. The SMILES string of the molecule is COc1cc(Cl)ccc1C(=O)OCc1nc(-c2ccccc2)no1. The number of rotatable bonds is 5. The molecule has 0 fully saturated rings. The Balaban J connectivity index is 1.68. The van der Waals surface area contributed by atoms with Crippen molar-refractivity contribution in [1.29, 1.82) is 0 Å². The lowest BCUT2D eigenvalue weighted by Crippen LogP contribution is -2.07. The first-order chi connectivity index (χ1) is 11.7. The lowest BCUT2D eigenvalue weighted by molar-refractivity contribution is 0.0426. The third-order valence-corrected chi connectivity index (χ3v) is 3.45. The first kappa shape index (κ1) is 16.0. The molecule has 2 aromatic carbocycles. The van der Waals surface area contributed by atoms with Crippen LogP contribution in [0.25, 0.3) is 11.4 Å². The van der Waals surface area contributed by atoms with Gasteiger partial charge in [0.2, 0.25) is 5.82 Å². The van der Waals surface area contributed by atoms with Crippen molar-refractivity contribution in [2.45, 2.75) is 6.61 Å². The Morgan fingerprint density at radius 1 is 1.21 bits per heavy atom. The maximum Gasteiger partial charge on any atom is 0.342 e. The number of halogens is 1. The number of nitrogens with zero attached hydrogens (tertiary/aromatic N) is 2. The zero-order valence-electron chi connectivity index (χ0n) is 12.7. The number of carbonyl (C=O) groups excluding carboxylic acids is 1. The molecule has 0 bridgehead atoms. The van der Waals surface area contributed by atoms with E-state index < -0.39 is 5.97 Å². The Morgan fingerprint density at radius 2 is 2.00 bits per heavy atom. The second-order valence-electron chi connectivity index (χ2n) is 4.80. The summed E-state index contributed by atoms with van der Waals surface area (Å²) in [7, 11) is 1.45. The Hall–Kier alpha value is -2.86. The highest BCUT2D eigenvalue weighted by Gasteiger charge is 2.16. The minimum absolute atomic E-state index is 0.134. The molecule has 0 saturated carbocycles. The number of esters is 1. The number of hydrogen-bond donors (Lipinski definition) is 0. The molecule has 0 unspecified atom stereocenters. The number of aromatic nitrogens is 2. The minimum atomic E-state index is -0.567. The third kappa shape index (κ3) is 3.55. The molecule has 3 aromatic rings. The fourth-order valence-corrected chi connectivity index (χ4v) is 2.22. The van der Waals surface area contributed by atoms with Crippen LogP contribution in [0, 0.1) is 0 Å². The van der Waals surface area contributed by atoms with Gasteiger partial charge in [0, 0.05) is 10.6 Å². The Morgan fingerprint density at radius 3 is 2.75 bits per heavy atom. The maximum atomic E-state index is 12.2. The predicted octanol–water partition coefficient (Wildman–Crippen LogP) is 3.76. The Labute approximate surface area is 143 Å². The van der Waals surface area contributed by atoms with Crippen molar-refractivity contribution in [3.63, 3.8) is 0 Å². The summed E-state index contributed by atoms with van der Waals surface area (Å²) in [6.45, 7) is -0.134. The lowest BCUT2D eigenvalue weighted by atomic mass is 10.2. The van der Waals surface area contributed by atoms with Gasteiger partial charge in [0.1, 0.15) is 11.3 Å². The Bertz CT molecular complexity index is 849. The van der Waals surface area contributed by atoms with Gasteiger partial charge in [0.15, 0.2) is 6.61 Å². The fraction of sp³-hybridized carbons (Fsp3) is 0.118. The van der Waals surface area contributed by atoms with Crippen LogP contribution in [-0.2, 0) is 11.3 Å². The van der Waals surface area contributed by atoms with Crippen LogP contribution < -0.4 is 4.74 Å². The molecule has 24 heavy (non-hydrogen) atoms. The van der Waals surface area contributed by atoms with Crippen molar-refractivity contribution in [3.05, 3.63) is 65.0 Å². The van der Waals surface area contributed by atoms with Crippen LogP contribution in [-0.4, -0.2) is 23.2 Å². The molecule has 0 radical (unpaired) electrons. The first-order valence-corrected chi connectivity index (χ1v) is 7.44. The normalized spacial score (nSPS) is 10.4. The molecule has 3 rings (SSSR count). The van der Waals surface area contributed by atoms with Crippen LogP contribution >= 0.6 is 11.6 Å². The van der Waals surface area contributed by atoms with E-state index in [-0.39, 0.29) is 18.1 Å². The maximum absolute atomic E-state index is 12.2. The molecule has 0 aliphatic heterocycles. The topological polar surface area (TPSA) is 74.5 Å². The van der Waals surface area contributed by atoms with Gasteiger partial charge in [-0.25, -0.2) is 4.79 Å². The van der Waals surface area contributed by atoms with Crippen LogP contribution in [0.1, 0.15) is 16.2 Å². The van der Waals surface area contributed by atoms with Gasteiger partial charge in [-0.05, 0) is 18.2 Å². The van der Waals surface area contributed by atoms with E-state index in [4.69, 9.17) is 25.6 Å². The highest BCUT2D eigenvalue weighted by Crippen LogP contribution is 2.24. The van der Waals surface area contributed by atoms with Gasteiger partial charge in [-0.15, -0.1) is 0 Å². The van der Waals surface area contributed by atoms with E-state index in [0.29, 0.717) is 16.6 Å². The number of benzene rings is 2. The molecule has 0 saturated heterocycles. The molecule has 122 valence electrons. The Kier molecular flexibility index (Phi) is 4.77. The van der Waals surface area contributed by atoms with Gasteiger partial charge in [-0.1, -0.05) is 47.1 Å². The largest absolute Gasteiger partial charge is 0.496 e. The van der Waals surface area contributed by atoms with Gasteiger partial charge in [-0.2, -0.15) is 4.98 Å². The van der Waals surface area contributed by atoms with Gasteiger partial charge in [0.25, 0.3) is 5.89 Å². The van der Waals surface area contributed by atoms with Crippen LogP contribution in [0.3, 0.4) is 0 Å². The second kappa shape index (κ2) is 7.14. The quantitative estimate of drug-likeness (QED) is 0.656. The number of ether oxygens (including phenoxy) is 2. The molecule has 0 aliphatic carbocycles. The van der Waals surface area contributed by atoms with Crippen molar-refractivity contribution in [3.8, 4) is 17.1 Å². The van der Waals surface area contributed by atoms with E-state index in [9.17, 15) is 4.79 Å². The van der Waals surface area contributed by atoms with Gasteiger partial charge in [0.05, 0.1) is 7.11 Å². The molecule has 0 aliphatic rings. The molecule has 1 aromatic heterocycles. The van der Waals surface area contributed by atoms with Crippen molar-refractivity contribution in [2.75, 3.05) is 7.11 Å². The molecule has 0 amide bonds. The van der Waals surface area contributed by atoms with Gasteiger partial charge < -0.3 is 14.0 Å². The highest BCUT2D eigenvalue weighted by atomic mass is 35.5. The van der Waals surface area contributed by atoms with Crippen molar-refractivity contribution in [2.24, 2.45) is 0 Å². The van der Waals surface area contributed by atoms with Gasteiger partial charge >= 0.3 is 5.97 Å². The van der Waals surface area contributed by atoms with E-state index >= 15 is 0 Å². The summed E-state index contributed by atoms with van der Waals surface area (Å²) in [4.78, 5) is 16.3. The molecular formula is C17H13ClN2O4. The molecule has 6 nitrogen and oxygen atoms in total. The molecule has 0 spiro atoms. The number of hydrogen-bond acceptors (Lipinski definition) is 6. The summed E-state index contributed by atoms with van der Waals surface area (Å²) >= 11 is 5.87. The van der Waals surface area contributed by atoms with Crippen LogP contribution in [0.5, 0.6) is 5.75 Å². The lowest BCUT2D eigenvalue weighted by Gasteiger charge is -2.07. The first-order valence-electron chi connectivity index (χ1n) is 7.06. The molecule has 7 heteroatoms. The van der Waals surface area contributed by atoms with Crippen LogP contribution in [0.15, 0.2) is 53.1 Å². The van der Waals surface area contributed by atoms with E-state index in [2.05, 4.69) is 10.1 Å². The average molecular weight is 345 g/mol. The average Bonchev–Trinajstić information content (AvgIpc) is 3.09. The highest BCUT2D eigenvalue weighted by molar-refractivity contribution is 6.30. The molecule has 0 atom stereocenters. The summed E-state index contributed by atoms with van der Waals surface area (Å²) in [6.07, 6.45) is 0. The molecular weight excluding hydrogens is 332 g/mol. The minimum Gasteiger partial charge on any atom is -0.496 e. The summed E-state index contributed by atoms with van der Waals surface area (Å²) < 4.78 is 15.4. The second-order valence-corrected chi connectivity index (χ2v) is 5.23. The number of methoxy groups -OCH3 is 1. The van der Waals surface area contributed by atoms with Gasteiger partial charge in [-0.3, -0.25) is 0 Å². The molecule has 1 heterocycles. The third-order valence-electron chi connectivity index (χ3n) is 3.21. The fourth-order valence-electron chi connectivity index (χ4n) is 2.06. The predicted molar refractivity (Wildman–Crippen MR) is 86.9 cm³/mol. The summed E-state index contributed by atoms with van der Waals surface area (Å²) in [6, 6.07) is 14.0. The van der Waals surface area contributed by atoms with Crippen molar-refractivity contribution >= 4 is 17.6 Å². The van der Waals surface area contributed by atoms with E-state index in [1.165, 1.54) is 13.2 Å².